The number of carbonyl (C=O) groups is 1. The third-order valence-corrected chi connectivity index (χ3v) is 3.11. The van der Waals surface area contributed by atoms with Crippen LogP contribution in [0.2, 0.25) is 0 Å². The lowest BCUT2D eigenvalue weighted by molar-refractivity contribution is -0.117. The summed E-state index contributed by atoms with van der Waals surface area (Å²) in [6, 6.07) is 4.57. The molecule has 1 aliphatic rings. The van der Waals surface area contributed by atoms with Gasteiger partial charge in [-0.05, 0) is 30.5 Å². The normalized spacial score (nSPS) is 17.6. The van der Waals surface area contributed by atoms with E-state index >= 15 is 0 Å². The molecule has 1 N–H and O–H groups in total. The predicted octanol–water partition coefficient (Wildman–Crippen LogP) is 2.40. The molecule has 17 heavy (non-hydrogen) atoms. The highest BCUT2D eigenvalue weighted by molar-refractivity contribution is 5.95. The average molecular weight is 237 g/mol. The molecule has 0 aromatic heterocycles. The first kappa shape index (κ1) is 12.0. The Labute approximate surface area is 99.9 Å². The summed E-state index contributed by atoms with van der Waals surface area (Å²) < 4.78 is 13.9. The van der Waals surface area contributed by atoms with Crippen LogP contribution in [-0.2, 0) is 4.79 Å². The maximum atomic E-state index is 13.9. The first-order valence-corrected chi connectivity index (χ1v) is 5.91. The van der Waals surface area contributed by atoms with Crippen LogP contribution < -0.4 is 4.90 Å². The summed E-state index contributed by atoms with van der Waals surface area (Å²) in [4.78, 5) is 13.0. The van der Waals surface area contributed by atoms with Gasteiger partial charge in [0.25, 0.3) is 0 Å². The summed E-state index contributed by atoms with van der Waals surface area (Å²) in [5, 5.41) is 9.61. The molecule has 1 heterocycles. The van der Waals surface area contributed by atoms with Crippen molar-refractivity contribution in [3.8, 4) is 0 Å². The van der Waals surface area contributed by atoms with Gasteiger partial charge in [-0.15, -0.1) is 0 Å². The number of carbonyl (C=O) groups excluding carboxylic acids is 1. The molecule has 3 nitrogen and oxygen atoms in total. The van der Waals surface area contributed by atoms with Crippen molar-refractivity contribution in [1.29, 1.82) is 0 Å². The van der Waals surface area contributed by atoms with Crippen LogP contribution in [0.1, 0.15) is 37.9 Å². The summed E-state index contributed by atoms with van der Waals surface area (Å²) >= 11 is 0. The maximum Gasteiger partial charge on any atom is 0.227 e. The lowest BCUT2D eigenvalue weighted by atomic mass is 10.1. The molecule has 0 saturated carbocycles. The van der Waals surface area contributed by atoms with Gasteiger partial charge < -0.3 is 10.0 Å². The Balaban J connectivity index is 2.28. The average Bonchev–Trinajstić information content (AvgIpc) is 2.74. The summed E-state index contributed by atoms with van der Waals surface area (Å²) in [7, 11) is 0. The van der Waals surface area contributed by atoms with Crippen LogP contribution in [0.5, 0.6) is 0 Å². The number of rotatable bonds is 3. The number of hydrogen-bond donors (Lipinski definition) is 1. The van der Waals surface area contributed by atoms with Crippen molar-refractivity contribution in [2.45, 2.75) is 32.3 Å². The van der Waals surface area contributed by atoms with Gasteiger partial charge in [0.05, 0.1) is 11.8 Å². The summed E-state index contributed by atoms with van der Waals surface area (Å²) in [5.41, 5.74) is 0.875. The molecule has 0 radical (unpaired) electrons. The van der Waals surface area contributed by atoms with E-state index in [4.69, 9.17) is 0 Å². The van der Waals surface area contributed by atoms with Crippen molar-refractivity contribution in [2.75, 3.05) is 11.4 Å². The van der Waals surface area contributed by atoms with Gasteiger partial charge in [-0.3, -0.25) is 4.79 Å². The van der Waals surface area contributed by atoms with E-state index in [1.54, 1.807) is 12.1 Å². The largest absolute Gasteiger partial charge is 0.388 e. The van der Waals surface area contributed by atoms with E-state index in [2.05, 4.69) is 0 Å². The van der Waals surface area contributed by atoms with Gasteiger partial charge in [-0.2, -0.15) is 0 Å². The van der Waals surface area contributed by atoms with Gasteiger partial charge in [0.1, 0.15) is 5.82 Å². The fraction of sp³-hybridized carbons (Fsp3) is 0.462. The highest BCUT2D eigenvalue weighted by Crippen LogP contribution is 2.27. The number of anilines is 1. The van der Waals surface area contributed by atoms with Crippen LogP contribution >= 0.6 is 0 Å². The molecule has 4 heteroatoms. The van der Waals surface area contributed by atoms with Gasteiger partial charge >= 0.3 is 0 Å². The highest BCUT2D eigenvalue weighted by Gasteiger charge is 2.24. The van der Waals surface area contributed by atoms with Gasteiger partial charge in [-0.1, -0.05) is 13.0 Å². The van der Waals surface area contributed by atoms with Crippen LogP contribution in [0.15, 0.2) is 18.2 Å². The van der Waals surface area contributed by atoms with Crippen molar-refractivity contribution in [3.63, 3.8) is 0 Å². The molecule has 0 bridgehead atoms. The molecule has 1 amide bonds. The van der Waals surface area contributed by atoms with Gasteiger partial charge in [0.15, 0.2) is 0 Å². The van der Waals surface area contributed by atoms with Gasteiger partial charge in [-0.25, -0.2) is 4.39 Å². The smallest absolute Gasteiger partial charge is 0.227 e. The second kappa shape index (κ2) is 4.84. The number of benzene rings is 1. The fourth-order valence-corrected chi connectivity index (χ4v) is 2.09. The topological polar surface area (TPSA) is 40.5 Å². The number of aliphatic hydroxyl groups is 1. The quantitative estimate of drug-likeness (QED) is 0.877. The third-order valence-electron chi connectivity index (χ3n) is 3.11. The van der Waals surface area contributed by atoms with E-state index in [0.717, 1.165) is 6.42 Å². The molecule has 0 aliphatic carbocycles. The predicted molar refractivity (Wildman–Crippen MR) is 63.2 cm³/mol. The first-order chi connectivity index (χ1) is 8.13. The zero-order valence-corrected chi connectivity index (χ0v) is 9.82. The Morgan fingerprint density at radius 3 is 2.82 bits per heavy atom. The summed E-state index contributed by atoms with van der Waals surface area (Å²) in [6.45, 7) is 2.41. The molecule has 1 unspecified atom stereocenters. The van der Waals surface area contributed by atoms with Crippen LogP contribution in [0.3, 0.4) is 0 Å². The summed E-state index contributed by atoms with van der Waals surface area (Å²) in [6.07, 6.45) is 1.16. The maximum absolute atomic E-state index is 13.9. The molecule has 1 saturated heterocycles. The van der Waals surface area contributed by atoms with Crippen molar-refractivity contribution in [3.05, 3.63) is 29.6 Å². The van der Waals surface area contributed by atoms with E-state index in [0.29, 0.717) is 30.6 Å². The molecular weight excluding hydrogens is 221 g/mol. The van der Waals surface area contributed by atoms with Crippen molar-refractivity contribution >= 4 is 11.6 Å². The lowest BCUT2D eigenvalue weighted by Gasteiger charge is -2.18. The Bertz CT molecular complexity index is 433. The number of hydrogen-bond acceptors (Lipinski definition) is 2. The van der Waals surface area contributed by atoms with E-state index in [-0.39, 0.29) is 5.91 Å². The second-order valence-corrected chi connectivity index (χ2v) is 4.28. The van der Waals surface area contributed by atoms with Crippen molar-refractivity contribution in [2.24, 2.45) is 0 Å². The zero-order chi connectivity index (χ0) is 12.4. The molecule has 1 aliphatic heterocycles. The Hall–Kier alpha value is -1.42. The van der Waals surface area contributed by atoms with Crippen LogP contribution in [0.25, 0.3) is 0 Å². The number of nitrogens with zero attached hydrogens (tertiary/aromatic N) is 1. The van der Waals surface area contributed by atoms with Crippen LogP contribution in [-0.4, -0.2) is 17.6 Å². The third kappa shape index (κ3) is 2.31. The van der Waals surface area contributed by atoms with Crippen molar-refractivity contribution < 1.29 is 14.3 Å². The molecule has 1 aromatic rings. The van der Waals surface area contributed by atoms with Gasteiger partial charge in [0.2, 0.25) is 5.91 Å². The number of amides is 1. The van der Waals surface area contributed by atoms with E-state index in [1.807, 2.05) is 6.92 Å². The molecule has 1 fully saturated rings. The Morgan fingerprint density at radius 2 is 2.29 bits per heavy atom. The molecule has 92 valence electrons. The lowest BCUT2D eigenvalue weighted by Crippen LogP contribution is -2.24. The zero-order valence-electron chi connectivity index (χ0n) is 9.82. The molecule has 1 aromatic carbocycles. The van der Waals surface area contributed by atoms with Crippen molar-refractivity contribution in [1.82, 2.24) is 0 Å². The van der Waals surface area contributed by atoms with E-state index in [1.165, 1.54) is 11.0 Å². The second-order valence-electron chi connectivity index (χ2n) is 4.28. The first-order valence-electron chi connectivity index (χ1n) is 5.91. The molecule has 0 spiro atoms. The fourth-order valence-electron chi connectivity index (χ4n) is 2.09. The minimum absolute atomic E-state index is 0.0345. The molecular formula is C13H16FNO2. The SMILES string of the molecule is CCC(O)c1ccc(N2CCCC2=O)c(F)c1. The molecule has 1 atom stereocenters. The van der Waals surface area contributed by atoms with E-state index < -0.39 is 11.9 Å². The molecule has 2 rings (SSSR count). The van der Waals surface area contributed by atoms with Gasteiger partial charge in [0, 0.05) is 13.0 Å². The van der Waals surface area contributed by atoms with E-state index in [9.17, 15) is 14.3 Å². The minimum atomic E-state index is -0.646. The minimum Gasteiger partial charge on any atom is -0.388 e. The standard InChI is InChI=1S/C13H16FNO2/c1-2-12(16)9-5-6-11(10(14)8-9)15-7-3-4-13(15)17/h5-6,8,12,16H,2-4,7H2,1H3. The summed E-state index contributed by atoms with van der Waals surface area (Å²) in [5.74, 6) is -0.474. The number of aliphatic hydroxyl groups excluding tert-OH is 1. The Kier molecular flexibility index (Phi) is 3.43. The highest BCUT2D eigenvalue weighted by atomic mass is 19.1. The van der Waals surface area contributed by atoms with Crippen LogP contribution in [0, 0.1) is 5.82 Å². The Morgan fingerprint density at radius 1 is 1.53 bits per heavy atom. The number of halogens is 1. The monoisotopic (exact) mass is 237 g/mol. The van der Waals surface area contributed by atoms with Crippen LogP contribution in [0.4, 0.5) is 10.1 Å².